The van der Waals surface area contributed by atoms with E-state index in [1.165, 1.54) is 31.2 Å². The second-order valence-corrected chi connectivity index (χ2v) is 5.96. The minimum atomic E-state index is 0.466. The van der Waals surface area contributed by atoms with Gasteiger partial charge in [0.2, 0.25) is 0 Å². The van der Waals surface area contributed by atoms with Crippen molar-refractivity contribution >= 4 is 33.3 Å². The maximum absolute atomic E-state index is 6.03. The van der Waals surface area contributed by atoms with Gasteiger partial charge in [-0.15, -0.1) is 11.6 Å². The molecule has 1 saturated carbocycles. The molecule has 17 heavy (non-hydrogen) atoms. The summed E-state index contributed by atoms with van der Waals surface area (Å²) in [7, 11) is 0. The van der Waals surface area contributed by atoms with Crippen LogP contribution in [-0.4, -0.2) is 16.9 Å². The molecule has 2 unspecified atom stereocenters. The molecule has 0 saturated heterocycles. The van der Waals surface area contributed by atoms with E-state index in [1.807, 2.05) is 13.1 Å². The maximum Gasteiger partial charge on any atom is 0.140 e. The Labute approximate surface area is 116 Å². The second-order valence-electron chi connectivity index (χ2n) is 4.79. The standard InChI is InChI=1S/C13H18BrClN2/c1-9-6-11(14)13(16-8-9)17-12-5-3-2-4-10(12)7-15/h6,8,10,12H,2-5,7H2,1H3,(H,16,17). The molecule has 1 aliphatic carbocycles. The SMILES string of the molecule is Cc1cnc(NC2CCCCC2CCl)c(Br)c1. The lowest BCUT2D eigenvalue weighted by molar-refractivity contribution is 0.352. The van der Waals surface area contributed by atoms with Crippen molar-refractivity contribution in [1.29, 1.82) is 0 Å². The minimum absolute atomic E-state index is 0.466. The summed E-state index contributed by atoms with van der Waals surface area (Å²) in [6.45, 7) is 2.05. The third kappa shape index (κ3) is 3.35. The zero-order chi connectivity index (χ0) is 12.3. The number of anilines is 1. The van der Waals surface area contributed by atoms with Crippen LogP contribution in [0.25, 0.3) is 0 Å². The van der Waals surface area contributed by atoms with Gasteiger partial charge in [-0.2, -0.15) is 0 Å². The van der Waals surface area contributed by atoms with E-state index in [0.29, 0.717) is 12.0 Å². The highest BCUT2D eigenvalue weighted by molar-refractivity contribution is 9.10. The summed E-state index contributed by atoms with van der Waals surface area (Å²) in [5.41, 5.74) is 1.17. The maximum atomic E-state index is 6.03. The molecule has 0 bridgehead atoms. The van der Waals surface area contributed by atoms with Crippen LogP contribution in [0.3, 0.4) is 0 Å². The molecule has 2 atom stereocenters. The van der Waals surface area contributed by atoms with E-state index in [0.717, 1.165) is 16.2 Å². The molecule has 1 aliphatic rings. The van der Waals surface area contributed by atoms with E-state index in [4.69, 9.17) is 11.6 Å². The predicted molar refractivity (Wildman–Crippen MR) is 76.8 cm³/mol. The summed E-state index contributed by atoms with van der Waals surface area (Å²) < 4.78 is 1.04. The Kier molecular flexibility index (Phi) is 4.69. The Morgan fingerprint density at radius 1 is 1.47 bits per heavy atom. The van der Waals surface area contributed by atoms with Gasteiger partial charge in [-0.05, 0) is 53.2 Å². The third-order valence-electron chi connectivity index (χ3n) is 3.41. The summed E-state index contributed by atoms with van der Waals surface area (Å²) in [6.07, 6.45) is 6.91. The number of hydrogen-bond acceptors (Lipinski definition) is 2. The zero-order valence-electron chi connectivity index (χ0n) is 10.0. The Bertz CT molecular complexity index is 384. The molecule has 0 spiro atoms. The normalized spacial score (nSPS) is 24.6. The van der Waals surface area contributed by atoms with Crippen molar-refractivity contribution in [3.63, 3.8) is 0 Å². The minimum Gasteiger partial charge on any atom is -0.366 e. The van der Waals surface area contributed by atoms with Crippen LogP contribution >= 0.6 is 27.5 Å². The Morgan fingerprint density at radius 3 is 2.94 bits per heavy atom. The van der Waals surface area contributed by atoms with Crippen LogP contribution in [0.2, 0.25) is 0 Å². The Morgan fingerprint density at radius 2 is 2.24 bits per heavy atom. The van der Waals surface area contributed by atoms with Crippen LogP contribution in [0.4, 0.5) is 5.82 Å². The average molecular weight is 318 g/mol. The van der Waals surface area contributed by atoms with Gasteiger partial charge < -0.3 is 5.32 Å². The third-order valence-corrected chi connectivity index (χ3v) is 4.41. The first-order chi connectivity index (χ1) is 8.20. The number of nitrogens with one attached hydrogen (secondary N) is 1. The molecule has 4 heteroatoms. The molecule has 1 aromatic heterocycles. The molecule has 1 heterocycles. The van der Waals surface area contributed by atoms with Gasteiger partial charge in [-0.25, -0.2) is 4.98 Å². The number of hydrogen-bond donors (Lipinski definition) is 1. The van der Waals surface area contributed by atoms with E-state index < -0.39 is 0 Å². The van der Waals surface area contributed by atoms with Gasteiger partial charge in [0.15, 0.2) is 0 Å². The smallest absolute Gasteiger partial charge is 0.140 e. The first kappa shape index (κ1) is 13.2. The van der Waals surface area contributed by atoms with Gasteiger partial charge in [0, 0.05) is 18.1 Å². The van der Waals surface area contributed by atoms with Crippen molar-refractivity contribution in [3.05, 3.63) is 22.3 Å². The molecule has 0 radical (unpaired) electrons. The van der Waals surface area contributed by atoms with Gasteiger partial charge in [-0.1, -0.05) is 12.8 Å². The van der Waals surface area contributed by atoms with Crippen molar-refractivity contribution in [2.75, 3.05) is 11.2 Å². The number of halogens is 2. The monoisotopic (exact) mass is 316 g/mol. The molecule has 0 aromatic carbocycles. The van der Waals surface area contributed by atoms with Crippen LogP contribution in [0.5, 0.6) is 0 Å². The summed E-state index contributed by atoms with van der Waals surface area (Å²) >= 11 is 9.59. The summed E-state index contributed by atoms with van der Waals surface area (Å²) in [5, 5.41) is 3.53. The van der Waals surface area contributed by atoms with Gasteiger partial charge >= 0.3 is 0 Å². The molecule has 0 aliphatic heterocycles. The molecular formula is C13H18BrClN2. The summed E-state index contributed by atoms with van der Waals surface area (Å²) in [4.78, 5) is 4.44. The highest BCUT2D eigenvalue weighted by atomic mass is 79.9. The lowest BCUT2D eigenvalue weighted by Gasteiger charge is -2.31. The average Bonchev–Trinajstić information content (AvgIpc) is 2.33. The van der Waals surface area contributed by atoms with E-state index in [2.05, 4.69) is 32.3 Å². The molecule has 94 valence electrons. The quantitative estimate of drug-likeness (QED) is 0.838. The fourth-order valence-electron chi connectivity index (χ4n) is 2.40. The van der Waals surface area contributed by atoms with Crippen molar-refractivity contribution in [1.82, 2.24) is 4.98 Å². The van der Waals surface area contributed by atoms with Gasteiger partial charge in [0.25, 0.3) is 0 Å². The highest BCUT2D eigenvalue weighted by Crippen LogP contribution is 2.30. The van der Waals surface area contributed by atoms with E-state index in [-0.39, 0.29) is 0 Å². The number of aryl methyl sites for hydroxylation is 1. The zero-order valence-corrected chi connectivity index (χ0v) is 12.4. The van der Waals surface area contributed by atoms with Crippen LogP contribution < -0.4 is 5.32 Å². The molecule has 2 rings (SSSR count). The first-order valence-electron chi connectivity index (χ1n) is 6.15. The largest absolute Gasteiger partial charge is 0.366 e. The van der Waals surface area contributed by atoms with Crippen molar-refractivity contribution in [3.8, 4) is 0 Å². The van der Waals surface area contributed by atoms with E-state index in [9.17, 15) is 0 Å². The van der Waals surface area contributed by atoms with Crippen LogP contribution in [-0.2, 0) is 0 Å². The fourth-order valence-corrected chi connectivity index (χ4v) is 3.35. The first-order valence-corrected chi connectivity index (χ1v) is 7.48. The number of alkyl halides is 1. The highest BCUT2D eigenvalue weighted by Gasteiger charge is 2.24. The number of rotatable bonds is 3. The topological polar surface area (TPSA) is 24.9 Å². The van der Waals surface area contributed by atoms with E-state index >= 15 is 0 Å². The van der Waals surface area contributed by atoms with Crippen molar-refractivity contribution in [2.24, 2.45) is 5.92 Å². The summed E-state index contributed by atoms with van der Waals surface area (Å²) in [5.74, 6) is 2.25. The Hall–Kier alpha value is -0.280. The molecule has 1 N–H and O–H groups in total. The molecule has 0 amide bonds. The van der Waals surface area contributed by atoms with Crippen molar-refractivity contribution in [2.45, 2.75) is 38.6 Å². The predicted octanol–water partition coefficient (Wildman–Crippen LogP) is 4.36. The van der Waals surface area contributed by atoms with Crippen molar-refractivity contribution < 1.29 is 0 Å². The summed E-state index contributed by atoms with van der Waals surface area (Å²) in [6, 6.07) is 2.56. The second kappa shape index (κ2) is 6.05. The van der Waals surface area contributed by atoms with E-state index in [1.54, 1.807) is 0 Å². The number of pyridine rings is 1. The van der Waals surface area contributed by atoms with Gasteiger partial charge in [0.05, 0.1) is 4.47 Å². The molecular weight excluding hydrogens is 300 g/mol. The van der Waals surface area contributed by atoms with Gasteiger partial charge in [0.1, 0.15) is 5.82 Å². The Balaban J connectivity index is 2.08. The fraction of sp³-hybridized carbons (Fsp3) is 0.615. The molecule has 2 nitrogen and oxygen atoms in total. The molecule has 1 fully saturated rings. The molecule has 1 aromatic rings. The lowest BCUT2D eigenvalue weighted by Crippen LogP contribution is -2.33. The lowest BCUT2D eigenvalue weighted by atomic mass is 9.86. The van der Waals surface area contributed by atoms with Crippen LogP contribution in [0, 0.1) is 12.8 Å². The van der Waals surface area contributed by atoms with Crippen LogP contribution in [0.1, 0.15) is 31.2 Å². The number of aromatic nitrogens is 1. The van der Waals surface area contributed by atoms with Gasteiger partial charge in [-0.3, -0.25) is 0 Å². The number of nitrogens with zero attached hydrogens (tertiary/aromatic N) is 1. The van der Waals surface area contributed by atoms with Crippen LogP contribution in [0.15, 0.2) is 16.7 Å².